The number of oxazole rings is 1. The number of methoxy groups -OCH3 is 1. The quantitative estimate of drug-likeness (QED) is 0.759. The van der Waals surface area contributed by atoms with Gasteiger partial charge in [0.2, 0.25) is 5.89 Å². The molecule has 0 atom stereocenters. The van der Waals surface area contributed by atoms with Crippen molar-refractivity contribution in [2.45, 2.75) is 33.7 Å². The molecule has 1 heterocycles. The lowest BCUT2D eigenvalue weighted by Crippen LogP contribution is -2.36. The molecule has 140 valence electrons. The van der Waals surface area contributed by atoms with Crippen molar-refractivity contribution in [3.63, 3.8) is 0 Å². The van der Waals surface area contributed by atoms with Crippen LogP contribution in [0.3, 0.4) is 0 Å². The SMILES string of the molecule is COC(=O)c1coc(CN(CCC(C)C)C(=O)Nc2ccc(C)cc2)n1. The van der Waals surface area contributed by atoms with Gasteiger partial charge in [-0.25, -0.2) is 14.6 Å². The van der Waals surface area contributed by atoms with E-state index in [9.17, 15) is 9.59 Å². The van der Waals surface area contributed by atoms with Crippen molar-refractivity contribution < 1.29 is 18.7 Å². The van der Waals surface area contributed by atoms with E-state index in [4.69, 9.17) is 4.42 Å². The van der Waals surface area contributed by atoms with Crippen LogP contribution >= 0.6 is 0 Å². The highest BCUT2D eigenvalue weighted by molar-refractivity contribution is 5.89. The Balaban J connectivity index is 2.08. The van der Waals surface area contributed by atoms with Crippen LogP contribution in [0.15, 0.2) is 34.9 Å². The Labute approximate surface area is 153 Å². The Hall–Kier alpha value is -2.83. The van der Waals surface area contributed by atoms with Crippen LogP contribution in [-0.2, 0) is 11.3 Å². The van der Waals surface area contributed by atoms with E-state index in [-0.39, 0.29) is 24.2 Å². The van der Waals surface area contributed by atoms with Crippen LogP contribution in [0.1, 0.15) is 42.2 Å². The van der Waals surface area contributed by atoms with Crippen molar-refractivity contribution in [3.05, 3.63) is 47.7 Å². The number of carbonyl (C=O) groups excluding carboxylic acids is 2. The average Bonchev–Trinajstić information content (AvgIpc) is 3.08. The third kappa shape index (κ3) is 5.61. The molecule has 0 radical (unpaired) electrons. The molecule has 1 aromatic carbocycles. The zero-order valence-corrected chi connectivity index (χ0v) is 15.6. The maximum absolute atomic E-state index is 12.7. The van der Waals surface area contributed by atoms with Gasteiger partial charge in [-0.2, -0.15) is 0 Å². The molecule has 0 unspecified atom stereocenters. The Morgan fingerprint density at radius 3 is 2.58 bits per heavy atom. The van der Waals surface area contributed by atoms with Crippen molar-refractivity contribution in [2.24, 2.45) is 5.92 Å². The molecule has 1 N–H and O–H groups in total. The number of urea groups is 1. The number of carbonyl (C=O) groups is 2. The number of rotatable bonds is 7. The number of benzene rings is 1. The summed E-state index contributed by atoms with van der Waals surface area (Å²) in [6.07, 6.45) is 2.07. The van der Waals surface area contributed by atoms with Gasteiger partial charge in [0.05, 0.1) is 13.7 Å². The van der Waals surface area contributed by atoms with Gasteiger partial charge >= 0.3 is 12.0 Å². The second-order valence-electron chi connectivity index (χ2n) is 6.52. The number of aryl methyl sites for hydroxylation is 1. The van der Waals surface area contributed by atoms with Crippen LogP contribution in [0, 0.1) is 12.8 Å². The summed E-state index contributed by atoms with van der Waals surface area (Å²) >= 11 is 0. The summed E-state index contributed by atoms with van der Waals surface area (Å²) in [5, 5.41) is 2.88. The molecule has 7 nitrogen and oxygen atoms in total. The first-order chi connectivity index (χ1) is 12.4. The van der Waals surface area contributed by atoms with Gasteiger partial charge in [-0.15, -0.1) is 0 Å². The third-order valence-corrected chi connectivity index (χ3v) is 3.84. The molecular formula is C19H25N3O4. The van der Waals surface area contributed by atoms with E-state index in [1.807, 2.05) is 31.2 Å². The Morgan fingerprint density at radius 1 is 1.27 bits per heavy atom. The smallest absolute Gasteiger partial charge is 0.360 e. The van der Waals surface area contributed by atoms with Crippen molar-refractivity contribution in [1.82, 2.24) is 9.88 Å². The van der Waals surface area contributed by atoms with E-state index >= 15 is 0 Å². The van der Waals surface area contributed by atoms with Crippen molar-refractivity contribution in [2.75, 3.05) is 19.0 Å². The molecule has 2 aromatic rings. The molecule has 0 aliphatic carbocycles. The van der Waals surface area contributed by atoms with Gasteiger partial charge in [0, 0.05) is 12.2 Å². The second-order valence-corrected chi connectivity index (χ2v) is 6.52. The molecule has 0 aliphatic heterocycles. The molecule has 2 amide bonds. The largest absolute Gasteiger partial charge is 0.464 e. The Bertz CT molecular complexity index is 737. The number of aromatic nitrogens is 1. The average molecular weight is 359 g/mol. The summed E-state index contributed by atoms with van der Waals surface area (Å²) in [7, 11) is 1.28. The number of hydrogen-bond donors (Lipinski definition) is 1. The predicted octanol–water partition coefficient (Wildman–Crippen LogP) is 3.85. The Morgan fingerprint density at radius 2 is 1.96 bits per heavy atom. The van der Waals surface area contributed by atoms with Crippen LogP contribution in [0.5, 0.6) is 0 Å². The number of amides is 2. The Kier molecular flexibility index (Phi) is 6.77. The van der Waals surface area contributed by atoms with Gasteiger partial charge in [0.15, 0.2) is 5.69 Å². The molecule has 0 aliphatic rings. The van der Waals surface area contributed by atoms with Crippen LogP contribution in [0.2, 0.25) is 0 Å². The number of ether oxygens (including phenoxy) is 1. The van der Waals surface area contributed by atoms with Crippen LogP contribution < -0.4 is 5.32 Å². The second kappa shape index (κ2) is 9.03. The highest BCUT2D eigenvalue weighted by Gasteiger charge is 2.19. The van der Waals surface area contributed by atoms with Gasteiger partial charge in [-0.3, -0.25) is 0 Å². The minimum atomic E-state index is -0.571. The molecular weight excluding hydrogens is 334 g/mol. The molecule has 0 saturated heterocycles. The van der Waals surface area contributed by atoms with Gasteiger partial charge < -0.3 is 19.4 Å². The lowest BCUT2D eigenvalue weighted by molar-refractivity contribution is 0.0594. The fraction of sp³-hybridized carbons (Fsp3) is 0.421. The zero-order valence-electron chi connectivity index (χ0n) is 15.6. The minimum Gasteiger partial charge on any atom is -0.464 e. The highest BCUT2D eigenvalue weighted by Crippen LogP contribution is 2.13. The molecule has 0 bridgehead atoms. The van der Waals surface area contributed by atoms with Crippen LogP contribution in [0.4, 0.5) is 10.5 Å². The van der Waals surface area contributed by atoms with E-state index in [1.54, 1.807) is 4.90 Å². The van der Waals surface area contributed by atoms with E-state index in [2.05, 4.69) is 28.9 Å². The highest BCUT2D eigenvalue weighted by atomic mass is 16.5. The zero-order chi connectivity index (χ0) is 19.1. The molecule has 0 spiro atoms. The summed E-state index contributed by atoms with van der Waals surface area (Å²) in [6.45, 7) is 6.89. The summed E-state index contributed by atoms with van der Waals surface area (Å²) in [6, 6.07) is 7.34. The molecule has 7 heteroatoms. The van der Waals surface area contributed by atoms with Crippen LogP contribution in [-0.4, -0.2) is 35.5 Å². The number of esters is 1. The molecule has 2 rings (SSSR count). The standard InChI is InChI=1S/C19H25N3O4/c1-13(2)9-10-22(11-17-21-16(12-26-17)18(23)25-4)19(24)20-15-7-5-14(3)6-8-15/h5-8,12-13H,9-11H2,1-4H3,(H,20,24). The van der Waals surface area contributed by atoms with E-state index in [1.165, 1.54) is 13.4 Å². The van der Waals surface area contributed by atoms with E-state index in [0.717, 1.165) is 17.7 Å². The number of anilines is 1. The lowest BCUT2D eigenvalue weighted by atomic mass is 10.1. The molecule has 0 fully saturated rings. The van der Waals surface area contributed by atoms with Crippen molar-refractivity contribution >= 4 is 17.7 Å². The van der Waals surface area contributed by atoms with Crippen LogP contribution in [0.25, 0.3) is 0 Å². The van der Waals surface area contributed by atoms with Gasteiger partial charge in [-0.05, 0) is 31.4 Å². The predicted molar refractivity (Wildman–Crippen MR) is 97.9 cm³/mol. The maximum Gasteiger partial charge on any atom is 0.360 e. The van der Waals surface area contributed by atoms with Gasteiger partial charge in [0.25, 0.3) is 0 Å². The van der Waals surface area contributed by atoms with E-state index in [0.29, 0.717) is 12.5 Å². The maximum atomic E-state index is 12.7. The minimum absolute atomic E-state index is 0.0882. The summed E-state index contributed by atoms with van der Waals surface area (Å²) in [4.78, 5) is 29.9. The normalized spacial score (nSPS) is 10.7. The molecule has 26 heavy (non-hydrogen) atoms. The van der Waals surface area contributed by atoms with Gasteiger partial charge in [-0.1, -0.05) is 31.5 Å². The number of nitrogens with one attached hydrogen (secondary N) is 1. The molecule has 0 saturated carbocycles. The first-order valence-electron chi connectivity index (χ1n) is 8.54. The summed E-state index contributed by atoms with van der Waals surface area (Å²) in [5.41, 5.74) is 1.93. The summed E-state index contributed by atoms with van der Waals surface area (Å²) in [5.74, 6) is 0.158. The first kappa shape index (κ1) is 19.5. The van der Waals surface area contributed by atoms with Crippen molar-refractivity contribution in [3.8, 4) is 0 Å². The third-order valence-electron chi connectivity index (χ3n) is 3.84. The number of hydrogen-bond acceptors (Lipinski definition) is 5. The van der Waals surface area contributed by atoms with Gasteiger partial charge in [0.1, 0.15) is 6.26 Å². The van der Waals surface area contributed by atoms with E-state index < -0.39 is 5.97 Å². The lowest BCUT2D eigenvalue weighted by Gasteiger charge is -2.22. The van der Waals surface area contributed by atoms with Crippen molar-refractivity contribution in [1.29, 1.82) is 0 Å². The number of nitrogens with zero attached hydrogens (tertiary/aromatic N) is 2. The molecule has 1 aromatic heterocycles. The summed E-state index contributed by atoms with van der Waals surface area (Å²) < 4.78 is 9.92. The monoisotopic (exact) mass is 359 g/mol. The fourth-order valence-corrected chi connectivity index (χ4v) is 2.25. The topological polar surface area (TPSA) is 84.7 Å². The fourth-order valence-electron chi connectivity index (χ4n) is 2.25. The first-order valence-corrected chi connectivity index (χ1v) is 8.54.